The van der Waals surface area contributed by atoms with Crippen LogP contribution in [-0.4, -0.2) is 23.0 Å². The van der Waals surface area contributed by atoms with Crippen molar-refractivity contribution in [2.45, 2.75) is 2.57 Å². The maximum Gasteiger partial charge on any atom is 0.242 e. The zero-order valence-corrected chi connectivity index (χ0v) is 11.8. The molecule has 1 rings (SSSR count). The van der Waals surface area contributed by atoms with Gasteiger partial charge in [0.2, 0.25) is 8.35 Å². The second-order valence-corrected chi connectivity index (χ2v) is 9.63. The van der Waals surface area contributed by atoms with Gasteiger partial charge >= 0.3 is 0 Å². The van der Waals surface area contributed by atoms with Crippen LogP contribution in [-0.2, 0) is 9.84 Å². The van der Waals surface area contributed by atoms with Gasteiger partial charge in [-0.2, -0.15) is 0 Å². The van der Waals surface area contributed by atoms with Gasteiger partial charge in [0.15, 0.2) is 9.84 Å². The summed E-state index contributed by atoms with van der Waals surface area (Å²) in [5, 5.41) is 0. The lowest BCUT2D eigenvalue weighted by molar-refractivity contribution is 0.100. The van der Waals surface area contributed by atoms with Crippen molar-refractivity contribution in [1.29, 1.82) is 0 Å². The van der Waals surface area contributed by atoms with Gasteiger partial charge in [-0.3, -0.25) is 4.79 Å². The molecule has 0 aromatic heterocycles. The summed E-state index contributed by atoms with van der Waals surface area (Å²) in [6.07, 6.45) is 0.983. The van der Waals surface area contributed by atoms with Crippen LogP contribution >= 0.6 is 31.9 Å². The molecule has 0 heterocycles. The highest BCUT2D eigenvalue weighted by atomic mass is 79.9. The molecule has 6 heteroatoms. The van der Waals surface area contributed by atoms with Crippen molar-refractivity contribution in [3.05, 3.63) is 35.9 Å². The third-order valence-corrected chi connectivity index (χ3v) is 7.13. The van der Waals surface area contributed by atoms with Gasteiger partial charge in [0, 0.05) is 11.8 Å². The molecule has 0 fully saturated rings. The fourth-order valence-corrected chi connectivity index (χ4v) is 1.84. The van der Waals surface area contributed by atoms with Gasteiger partial charge in [-0.1, -0.05) is 30.3 Å². The molecule has 0 spiro atoms. The normalized spacial score (nSPS) is 12.5. The maximum atomic E-state index is 11.8. The van der Waals surface area contributed by atoms with Crippen LogP contribution in [0.1, 0.15) is 10.4 Å². The Kier molecular flexibility index (Phi) is 3.73. The molecule has 82 valence electrons. The van der Waals surface area contributed by atoms with Crippen LogP contribution < -0.4 is 0 Å². The topological polar surface area (TPSA) is 51.2 Å². The molecule has 0 bridgehead atoms. The number of carbonyl (C=O) groups is 1. The van der Waals surface area contributed by atoms with E-state index in [1.165, 1.54) is 0 Å². The number of halogens is 2. The van der Waals surface area contributed by atoms with E-state index in [4.69, 9.17) is 0 Å². The highest BCUT2D eigenvalue weighted by molar-refractivity contribution is 9.28. The summed E-state index contributed by atoms with van der Waals surface area (Å²) in [5.41, 5.74) is 0.330. The van der Waals surface area contributed by atoms with E-state index >= 15 is 0 Å². The smallest absolute Gasteiger partial charge is 0.242 e. The van der Waals surface area contributed by atoms with E-state index in [-0.39, 0.29) is 0 Å². The van der Waals surface area contributed by atoms with Gasteiger partial charge in [0.1, 0.15) is 0 Å². The van der Waals surface area contributed by atoms with Gasteiger partial charge in [0.05, 0.1) is 0 Å². The average molecular weight is 356 g/mol. The number of hydrogen-bond acceptors (Lipinski definition) is 3. The van der Waals surface area contributed by atoms with Crippen LogP contribution in [0.2, 0.25) is 0 Å². The Hall–Kier alpha value is -0.200. The summed E-state index contributed by atoms with van der Waals surface area (Å²) < 4.78 is 21.0. The minimum absolute atomic E-state index is 0.330. The molecule has 0 aliphatic carbocycles. The third-order valence-electron chi connectivity index (χ3n) is 1.77. The average Bonchev–Trinajstić information content (AvgIpc) is 2.16. The number of sulfone groups is 1. The minimum atomic E-state index is -3.57. The third kappa shape index (κ3) is 2.68. The van der Waals surface area contributed by atoms with E-state index in [0.29, 0.717) is 5.56 Å². The van der Waals surface area contributed by atoms with Crippen molar-refractivity contribution in [3.8, 4) is 0 Å². The van der Waals surface area contributed by atoms with Gasteiger partial charge < -0.3 is 0 Å². The quantitative estimate of drug-likeness (QED) is 0.617. The van der Waals surface area contributed by atoms with Crippen LogP contribution in [0.5, 0.6) is 0 Å². The summed E-state index contributed by atoms with van der Waals surface area (Å²) in [4.78, 5) is 11.8. The molecule has 0 amide bonds. The minimum Gasteiger partial charge on any atom is -0.290 e. The molecule has 0 aliphatic heterocycles. The standard InChI is InChI=1S/C9H8Br2O3S/c1-15(13,14)9(10,11)8(12)7-5-3-2-4-6-7/h2-6H,1H3. The van der Waals surface area contributed by atoms with Crippen molar-refractivity contribution < 1.29 is 13.2 Å². The predicted octanol–water partition coefficient (Wildman–Crippen LogP) is 2.36. The van der Waals surface area contributed by atoms with Crippen molar-refractivity contribution in [1.82, 2.24) is 0 Å². The van der Waals surface area contributed by atoms with E-state index in [9.17, 15) is 13.2 Å². The van der Waals surface area contributed by atoms with E-state index in [1.54, 1.807) is 30.3 Å². The predicted molar refractivity (Wildman–Crippen MR) is 66.2 cm³/mol. The first-order chi connectivity index (χ1) is 6.77. The molecular formula is C9H8Br2O3S. The molecule has 0 radical (unpaired) electrons. The summed E-state index contributed by atoms with van der Waals surface area (Å²) in [5.74, 6) is -0.536. The fourth-order valence-electron chi connectivity index (χ4n) is 0.926. The van der Waals surface area contributed by atoms with Crippen molar-refractivity contribution in [2.75, 3.05) is 6.26 Å². The second-order valence-electron chi connectivity index (χ2n) is 2.98. The first kappa shape index (κ1) is 12.9. The van der Waals surface area contributed by atoms with Crippen LogP contribution in [0.15, 0.2) is 30.3 Å². The summed E-state index contributed by atoms with van der Waals surface area (Å²) >= 11 is 5.77. The number of hydrogen-bond donors (Lipinski definition) is 0. The Balaban J connectivity index is 3.17. The molecule has 0 saturated heterocycles. The Morgan fingerprint density at radius 3 is 2.07 bits per heavy atom. The highest BCUT2D eigenvalue weighted by Crippen LogP contribution is 2.35. The van der Waals surface area contributed by atoms with E-state index in [2.05, 4.69) is 31.9 Å². The number of carbonyl (C=O) groups excluding carboxylic acids is 1. The largest absolute Gasteiger partial charge is 0.290 e. The lowest BCUT2D eigenvalue weighted by Crippen LogP contribution is -2.33. The van der Waals surface area contributed by atoms with Gasteiger partial charge in [-0.05, 0) is 31.9 Å². The van der Waals surface area contributed by atoms with Gasteiger partial charge in [0.25, 0.3) is 0 Å². The molecule has 0 N–H and O–H groups in total. The second kappa shape index (κ2) is 4.35. The van der Waals surface area contributed by atoms with Crippen LogP contribution in [0.4, 0.5) is 0 Å². The lowest BCUT2D eigenvalue weighted by atomic mass is 10.1. The van der Waals surface area contributed by atoms with Crippen LogP contribution in [0.3, 0.4) is 0 Å². The van der Waals surface area contributed by atoms with Crippen LogP contribution in [0, 0.1) is 0 Å². The van der Waals surface area contributed by atoms with E-state index in [0.717, 1.165) is 6.26 Å². The van der Waals surface area contributed by atoms with Gasteiger partial charge in [-0.25, -0.2) is 8.42 Å². The Labute approximate surface area is 105 Å². The molecule has 0 saturated carbocycles. The zero-order valence-electron chi connectivity index (χ0n) is 7.78. The summed E-state index contributed by atoms with van der Waals surface area (Å²) in [6.45, 7) is 0. The SMILES string of the molecule is CS(=O)(=O)C(Br)(Br)C(=O)c1ccccc1. The molecule has 3 nitrogen and oxygen atoms in total. The monoisotopic (exact) mass is 354 g/mol. The van der Waals surface area contributed by atoms with Crippen molar-refractivity contribution >= 4 is 47.5 Å². The van der Waals surface area contributed by atoms with E-state index in [1.807, 2.05) is 0 Å². The molecule has 1 aromatic rings. The van der Waals surface area contributed by atoms with E-state index < -0.39 is 18.2 Å². The Morgan fingerprint density at radius 2 is 1.67 bits per heavy atom. The van der Waals surface area contributed by atoms with Crippen molar-refractivity contribution in [2.24, 2.45) is 0 Å². The number of alkyl halides is 2. The number of Topliss-reactive ketones (excluding diaryl/α,β-unsaturated/α-hetero) is 1. The first-order valence-corrected chi connectivity index (χ1v) is 7.42. The number of benzene rings is 1. The number of ketones is 1. The number of rotatable bonds is 3. The molecule has 15 heavy (non-hydrogen) atoms. The van der Waals surface area contributed by atoms with Crippen LogP contribution in [0.25, 0.3) is 0 Å². The molecular weight excluding hydrogens is 348 g/mol. The first-order valence-electron chi connectivity index (χ1n) is 3.94. The van der Waals surface area contributed by atoms with Gasteiger partial charge in [-0.15, -0.1) is 0 Å². The Bertz CT molecular complexity index is 465. The zero-order chi connectivity index (χ0) is 11.7. The molecule has 0 atom stereocenters. The summed E-state index contributed by atoms with van der Waals surface area (Å²) in [6, 6.07) is 8.22. The maximum absolute atomic E-state index is 11.8. The molecule has 0 unspecified atom stereocenters. The summed E-state index contributed by atoms with van der Waals surface area (Å²) in [7, 11) is -3.57. The lowest BCUT2D eigenvalue weighted by Gasteiger charge is -2.16. The molecule has 0 aliphatic rings. The highest BCUT2D eigenvalue weighted by Gasteiger charge is 2.43. The fraction of sp³-hybridized carbons (Fsp3) is 0.222. The van der Waals surface area contributed by atoms with Crippen molar-refractivity contribution in [3.63, 3.8) is 0 Å². The molecule has 1 aromatic carbocycles. The Morgan fingerprint density at radius 1 is 1.20 bits per heavy atom.